The van der Waals surface area contributed by atoms with Gasteiger partial charge in [0, 0.05) is 6.04 Å². The van der Waals surface area contributed by atoms with Crippen LogP contribution in [0.25, 0.3) is 0 Å². The summed E-state index contributed by atoms with van der Waals surface area (Å²) in [6.45, 7) is 1.93. The zero-order valence-electron chi connectivity index (χ0n) is 9.68. The Balaban J connectivity index is 2.28. The Hall–Kier alpha value is -2.04. The van der Waals surface area contributed by atoms with Gasteiger partial charge < -0.3 is 15.8 Å². The summed E-state index contributed by atoms with van der Waals surface area (Å²) in [6.07, 6.45) is 0.107. The highest BCUT2D eigenvalue weighted by Gasteiger charge is 2.11. The maximum atomic E-state index is 11.4. The van der Waals surface area contributed by atoms with Crippen LogP contribution < -0.4 is 11.1 Å². The SMILES string of the molecule is CC(CC(=O)OCc1ccccc1)NC(N)=O. The number of benzene rings is 1. The molecule has 3 N–H and O–H groups in total. The molecule has 1 rings (SSSR count). The molecule has 0 aliphatic heterocycles. The molecule has 0 heterocycles. The van der Waals surface area contributed by atoms with E-state index in [4.69, 9.17) is 10.5 Å². The Bertz CT molecular complexity index is 379. The minimum absolute atomic E-state index is 0.107. The fourth-order valence-electron chi connectivity index (χ4n) is 1.34. The lowest BCUT2D eigenvalue weighted by molar-refractivity contribution is -0.145. The smallest absolute Gasteiger partial charge is 0.312 e. The number of nitrogens with one attached hydrogen (secondary N) is 1. The number of urea groups is 1. The van der Waals surface area contributed by atoms with Gasteiger partial charge in [-0.25, -0.2) is 4.79 Å². The number of ether oxygens (including phenoxy) is 1. The third-order valence-corrected chi connectivity index (χ3v) is 2.10. The van der Waals surface area contributed by atoms with Crippen molar-refractivity contribution in [2.24, 2.45) is 5.73 Å². The molecule has 0 radical (unpaired) electrons. The van der Waals surface area contributed by atoms with Crippen LogP contribution in [-0.4, -0.2) is 18.0 Å². The van der Waals surface area contributed by atoms with E-state index >= 15 is 0 Å². The summed E-state index contributed by atoms with van der Waals surface area (Å²) in [5.41, 5.74) is 5.86. The summed E-state index contributed by atoms with van der Waals surface area (Å²) in [4.78, 5) is 21.9. The van der Waals surface area contributed by atoms with E-state index in [1.165, 1.54) is 0 Å². The van der Waals surface area contributed by atoms with Crippen LogP contribution in [0.15, 0.2) is 30.3 Å². The van der Waals surface area contributed by atoms with Crippen LogP contribution in [0.5, 0.6) is 0 Å². The molecule has 1 atom stereocenters. The summed E-state index contributed by atoms with van der Waals surface area (Å²) in [6, 6.07) is 8.42. The molecule has 1 aromatic rings. The van der Waals surface area contributed by atoms with E-state index in [2.05, 4.69) is 5.32 Å². The number of hydrogen-bond acceptors (Lipinski definition) is 3. The molecule has 0 saturated carbocycles. The minimum atomic E-state index is -0.645. The predicted molar refractivity (Wildman–Crippen MR) is 63.0 cm³/mol. The summed E-state index contributed by atoms with van der Waals surface area (Å²) < 4.78 is 5.05. The third-order valence-electron chi connectivity index (χ3n) is 2.10. The zero-order valence-corrected chi connectivity index (χ0v) is 9.68. The van der Waals surface area contributed by atoms with E-state index < -0.39 is 6.03 Å². The monoisotopic (exact) mass is 236 g/mol. The Labute approximate surface area is 99.9 Å². The van der Waals surface area contributed by atoms with Crippen molar-refractivity contribution in [2.45, 2.75) is 26.0 Å². The number of hydrogen-bond donors (Lipinski definition) is 2. The van der Waals surface area contributed by atoms with Gasteiger partial charge in [-0.05, 0) is 12.5 Å². The highest BCUT2D eigenvalue weighted by atomic mass is 16.5. The summed E-state index contributed by atoms with van der Waals surface area (Å²) >= 11 is 0. The van der Waals surface area contributed by atoms with E-state index in [1.54, 1.807) is 6.92 Å². The molecule has 17 heavy (non-hydrogen) atoms. The highest BCUT2D eigenvalue weighted by molar-refractivity contribution is 5.74. The lowest BCUT2D eigenvalue weighted by Gasteiger charge is -2.11. The molecular formula is C12H16N2O3. The molecule has 0 aliphatic carbocycles. The van der Waals surface area contributed by atoms with Crippen LogP contribution in [0.2, 0.25) is 0 Å². The summed E-state index contributed by atoms with van der Waals surface area (Å²) in [5, 5.41) is 2.41. The van der Waals surface area contributed by atoms with E-state index in [-0.39, 0.29) is 25.0 Å². The van der Waals surface area contributed by atoms with Crippen molar-refractivity contribution in [3.8, 4) is 0 Å². The number of carbonyl (C=O) groups excluding carboxylic acids is 2. The lowest BCUT2D eigenvalue weighted by atomic mass is 10.2. The standard InChI is InChI=1S/C12H16N2O3/c1-9(14-12(13)16)7-11(15)17-8-10-5-3-2-4-6-10/h2-6,9H,7-8H2,1H3,(H3,13,14,16). The third kappa shape index (κ3) is 5.55. The molecule has 0 spiro atoms. The first-order valence-corrected chi connectivity index (χ1v) is 5.33. The molecule has 2 amide bonds. The first kappa shape index (κ1) is 13.0. The van der Waals surface area contributed by atoms with Crippen LogP contribution in [-0.2, 0) is 16.1 Å². The lowest BCUT2D eigenvalue weighted by Crippen LogP contribution is -2.38. The Morgan fingerprint density at radius 1 is 1.35 bits per heavy atom. The summed E-state index contributed by atoms with van der Waals surface area (Å²) in [5.74, 6) is -0.366. The minimum Gasteiger partial charge on any atom is -0.461 e. The first-order chi connectivity index (χ1) is 8.08. The van der Waals surface area contributed by atoms with Gasteiger partial charge >= 0.3 is 12.0 Å². The molecule has 0 saturated heterocycles. The molecule has 5 nitrogen and oxygen atoms in total. The van der Waals surface area contributed by atoms with Crippen molar-refractivity contribution in [2.75, 3.05) is 0 Å². The molecule has 0 aliphatic rings. The van der Waals surface area contributed by atoms with Gasteiger partial charge in [-0.3, -0.25) is 4.79 Å². The number of rotatable bonds is 5. The van der Waals surface area contributed by atoms with Crippen molar-refractivity contribution in [1.82, 2.24) is 5.32 Å². The average molecular weight is 236 g/mol. The second-order valence-corrected chi connectivity index (χ2v) is 3.76. The normalized spacial score (nSPS) is 11.6. The molecule has 0 fully saturated rings. The number of primary amides is 1. The number of carbonyl (C=O) groups is 2. The van der Waals surface area contributed by atoms with Gasteiger partial charge in [-0.2, -0.15) is 0 Å². The molecular weight excluding hydrogens is 220 g/mol. The second kappa shape index (κ2) is 6.52. The average Bonchev–Trinajstić information content (AvgIpc) is 2.26. The molecule has 1 unspecified atom stereocenters. The molecule has 5 heteroatoms. The molecule has 92 valence electrons. The van der Waals surface area contributed by atoms with E-state index in [0.717, 1.165) is 5.56 Å². The maximum absolute atomic E-state index is 11.4. The highest BCUT2D eigenvalue weighted by Crippen LogP contribution is 2.02. The second-order valence-electron chi connectivity index (χ2n) is 3.76. The largest absolute Gasteiger partial charge is 0.461 e. The van der Waals surface area contributed by atoms with Crippen molar-refractivity contribution < 1.29 is 14.3 Å². The Kier molecular flexibility index (Phi) is 5.00. The topological polar surface area (TPSA) is 81.4 Å². The quantitative estimate of drug-likeness (QED) is 0.753. The van der Waals surface area contributed by atoms with E-state index in [1.807, 2.05) is 30.3 Å². The van der Waals surface area contributed by atoms with E-state index in [9.17, 15) is 9.59 Å². The number of amides is 2. The van der Waals surface area contributed by atoms with E-state index in [0.29, 0.717) is 0 Å². The predicted octanol–water partition coefficient (Wildman–Crippen LogP) is 1.18. The van der Waals surface area contributed by atoms with Gasteiger partial charge in [0.1, 0.15) is 6.61 Å². The molecule has 0 bridgehead atoms. The van der Waals surface area contributed by atoms with Crippen LogP contribution in [0.1, 0.15) is 18.9 Å². The maximum Gasteiger partial charge on any atom is 0.312 e. The van der Waals surface area contributed by atoms with Crippen LogP contribution in [0.4, 0.5) is 4.79 Å². The van der Waals surface area contributed by atoms with Crippen molar-refractivity contribution in [3.05, 3.63) is 35.9 Å². The Morgan fingerprint density at radius 2 is 2.00 bits per heavy atom. The van der Waals surface area contributed by atoms with Crippen molar-refractivity contribution in [1.29, 1.82) is 0 Å². The van der Waals surface area contributed by atoms with Gasteiger partial charge in [0.15, 0.2) is 0 Å². The number of esters is 1. The van der Waals surface area contributed by atoms with Crippen LogP contribution >= 0.6 is 0 Å². The summed E-state index contributed by atoms with van der Waals surface area (Å²) in [7, 11) is 0. The van der Waals surface area contributed by atoms with Crippen LogP contribution in [0, 0.1) is 0 Å². The van der Waals surface area contributed by atoms with Crippen LogP contribution in [0.3, 0.4) is 0 Å². The van der Waals surface area contributed by atoms with Crippen molar-refractivity contribution >= 4 is 12.0 Å². The fourth-order valence-corrected chi connectivity index (χ4v) is 1.34. The van der Waals surface area contributed by atoms with Gasteiger partial charge in [-0.15, -0.1) is 0 Å². The van der Waals surface area contributed by atoms with Gasteiger partial charge in [0.25, 0.3) is 0 Å². The Morgan fingerprint density at radius 3 is 2.59 bits per heavy atom. The first-order valence-electron chi connectivity index (χ1n) is 5.33. The van der Waals surface area contributed by atoms with Gasteiger partial charge in [0.2, 0.25) is 0 Å². The zero-order chi connectivity index (χ0) is 12.7. The van der Waals surface area contributed by atoms with Gasteiger partial charge in [0.05, 0.1) is 6.42 Å². The van der Waals surface area contributed by atoms with Gasteiger partial charge in [-0.1, -0.05) is 30.3 Å². The molecule has 1 aromatic carbocycles. The number of nitrogens with two attached hydrogens (primary N) is 1. The fraction of sp³-hybridized carbons (Fsp3) is 0.333. The molecule has 0 aromatic heterocycles. The van der Waals surface area contributed by atoms with Crippen molar-refractivity contribution in [3.63, 3.8) is 0 Å².